The highest BCUT2D eigenvalue weighted by Crippen LogP contribution is 2.32. The van der Waals surface area contributed by atoms with Crippen molar-refractivity contribution < 1.29 is 9.53 Å². The lowest BCUT2D eigenvalue weighted by molar-refractivity contribution is 0.0971. The lowest BCUT2D eigenvalue weighted by Gasteiger charge is -2.19. The second-order valence-electron chi connectivity index (χ2n) is 3.72. The van der Waals surface area contributed by atoms with Crippen molar-refractivity contribution in [1.82, 2.24) is 0 Å². The second-order valence-corrected chi connectivity index (χ2v) is 3.72. The minimum atomic E-state index is 0.254. The van der Waals surface area contributed by atoms with Crippen molar-refractivity contribution in [3.63, 3.8) is 0 Å². The van der Waals surface area contributed by atoms with Crippen molar-refractivity contribution in [2.24, 2.45) is 0 Å². The summed E-state index contributed by atoms with van der Waals surface area (Å²) in [5.41, 5.74) is 3.07. The Morgan fingerprint density at radius 1 is 1.29 bits per heavy atom. The molecular formula is C12H14O2. The summed E-state index contributed by atoms with van der Waals surface area (Å²) in [6.45, 7) is 2.01. The predicted octanol–water partition coefficient (Wildman–Crippen LogP) is 2.52. The van der Waals surface area contributed by atoms with Gasteiger partial charge in [0.25, 0.3) is 0 Å². The Bertz CT molecular complexity index is 380. The topological polar surface area (TPSA) is 26.3 Å². The first-order valence-electron chi connectivity index (χ1n) is 4.93. The number of methoxy groups -OCH3 is 1. The molecule has 0 N–H and O–H groups in total. The minimum Gasteiger partial charge on any atom is -0.496 e. The number of Topliss-reactive ketones (excluding diaryl/α,β-unsaturated/α-hetero) is 1. The highest BCUT2D eigenvalue weighted by molar-refractivity contribution is 5.99. The second kappa shape index (κ2) is 3.45. The zero-order valence-corrected chi connectivity index (χ0v) is 8.59. The summed E-state index contributed by atoms with van der Waals surface area (Å²) in [5, 5.41) is 0. The van der Waals surface area contributed by atoms with Gasteiger partial charge in [0.1, 0.15) is 5.75 Å². The lowest BCUT2D eigenvalue weighted by Crippen LogP contribution is -2.12. The van der Waals surface area contributed by atoms with Crippen LogP contribution in [0.1, 0.15) is 34.3 Å². The number of carbonyl (C=O) groups excluding carboxylic acids is 1. The van der Waals surface area contributed by atoms with E-state index < -0.39 is 0 Å². The molecule has 0 bridgehead atoms. The molecule has 2 nitrogen and oxygen atoms in total. The van der Waals surface area contributed by atoms with Gasteiger partial charge < -0.3 is 4.74 Å². The Morgan fingerprint density at radius 2 is 2.07 bits per heavy atom. The zero-order valence-electron chi connectivity index (χ0n) is 8.59. The van der Waals surface area contributed by atoms with Gasteiger partial charge in [-0.1, -0.05) is 12.1 Å². The Balaban J connectivity index is 2.61. The van der Waals surface area contributed by atoms with Crippen LogP contribution in [-0.2, 0) is 6.42 Å². The van der Waals surface area contributed by atoms with E-state index in [2.05, 4.69) is 0 Å². The van der Waals surface area contributed by atoms with Crippen molar-refractivity contribution in [1.29, 1.82) is 0 Å². The number of carbonyl (C=O) groups is 1. The van der Waals surface area contributed by atoms with Gasteiger partial charge in [0, 0.05) is 17.5 Å². The number of hydrogen-bond acceptors (Lipinski definition) is 2. The van der Waals surface area contributed by atoms with E-state index in [-0.39, 0.29) is 5.78 Å². The highest BCUT2D eigenvalue weighted by atomic mass is 16.5. The number of hydrogen-bond donors (Lipinski definition) is 0. The molecule has 1 aliphatic rings. The van der Waals surface area contributed by atoms with E-state index in [1.54, 1.807) is 7.11 Å². The number of ketones is 1. The Hall–Kier alpha value is -1.31. The number of ether oxygens (including phenoxy) is 1. The Kier molecular flexibility index (Phi) is 2.28. The third kappa shape index (κ3) is 1.31. The van der Waals surface area contributed by atoms with E-state index in [1.807, 2.05) is 19.1 Å². The fourth-order valence-corrected chi connectivity index (χ4v) is 2.10. The highest BCUT2D eigenvalue weighted by Gasteiger charge is 2.21. The molecule has 0 atom stereocenters. The van der Waals surface area contributed by atoms with Crippen molar-refractivity contribution >= 4 is 5.78 Å². The van der Waals surface area contributed by atoms with E-state index in [0.717, 1.165) is 35.3 Å². The Morgan fingerprint density at radius 3 is 2.79 bits per heavy atom. The van der Waals surface area contributed by atoms with E-state index in [9.17, 15) is 4.79 Å². The molecule has 14 heavy (non-hydrogen) atoms. The van der Waals surface area contributed by atoms with Crippen LogP contribution in [0.4, 0.5) is 0 Å². The molecule has 0 aliphatic heterocycles. The summed E-state index contributed by atoms with van der Waals surface area (Å²) in [5.74, 6) is 1.15. The maximum atomic E-state index is 11.6. The van der Waals surface area contributed by atoms with Gasteiger partial charge in [-0.25, -0.2) is 0 Å². The summed E-state index contributed by atoms with van der Waals surface area (Å²) in [6, 6.07) is 3.88. The van der Waals surface area contributed by atoms with Crippen LogP contribution < -0.4 is 4.74 Å². The number of benzene rings is 1. The molecule has 0 saturated heterocycles. The summed E-state index contributed by atoms with van der Waals surface area (Å²) in [6.07, 6.45) is 2.59. The first kappa shape index (κ1) is 9.25. The molecule has 1 aromatic carbocycles. The fourth-order valence-electron chi connectivity index (χ4n) is 2.10. The van der Waals surface area contributed by atoms with Gasteiger partial charge in [-0.15, -0.1) is 0 Å². The summed E-state index contributed by atoms with van der Waals surface area (Å²) >= 11 is 0. The number of rotatable bonds is 1. The third-order valence-corrected chi connectivity index (χ3v) is 2.79. The molecule has 1 aliphatic carbocycles. The normalized spacial score (nSPS) is 15.1. The van der Waals surface area contributed by atoms with Crippen LogP contribution in [0.2, 0.25) is 0 Å². The van der Waals surface area contributed by atoms with E-state index in [4.69, 9.17) is 4.74 Å². The van der Waals surface area contributed by atoms with Crippen molar-refractivity contribution in [2.45, 2.75) is 26.2 Å². The van der Waals surface area contributed by atoms with Crippen molar-refractivity contribution in [3.8, 4) is 5.75 Å². The molecule has 0 saturated carbocycles. The van der Waals surface area contributed by atoms with Crippen LogP contribution in [0.3, 0.4) is 0 Å². The van der Waals surface area contributed by atoms with Gasteiger partial charge in [-0.2, -0.15) is 0 Å². The largest absolute Gasteiger partial charge is 0.496 e. The zero-order chi connectivity index (χ0) is 10.1. The van der Waals surface area contributed by atoms with E-state index in [1.165, 1.54) is 0 Å². The molecule has 0 fully saturated rings. The van der Waals surface area contributed by atoms with Crippen molar-refractivity contribution in [3.05, 3.63) is 28.8 Å². The SMILES string of the molecule is COc1c(C)ccc2c1CCCC2=O. The Labute approximate surface area is 83.9 Å². The molecule has 0 aromatic heterocycles. The summed E-state index contributed by atoms with van der Waals surface area (Å²) in [7, 11) is 1.67. The van der Waals surface area contributed by atoms with Gasteiger partial charge >= 0.3 is 0 Å². The average molecular weight is 190 g/mol. The predicted molar refractivity (Wildman–Crippen MR) is 55.0 cm³/mol. The van der Waals surface area contributed by atoms with Gasteiger partial charge in [0.2, 0.25) is 0 Å². The lowest BCUT2D eigenvalue weighted by atomic mass is 9.88. The van der Waals surface area contributed by atoms with Crippen LogP contribution in [-0.4, -0.2) is 12.9 Å². The summed E-state index contributed by atoms with van der Waals surface area (Å²) < 4.78 is 5.34. The molecule has 2 heteroatoms. The average Bonchev–Trinajstić information content (AvgIpc) is 2.18. The molecular weight excluding hydrogens is 176 g/mol. The van der Waals surface area contributed by atoms with Crippen LogP contribution in [0.5, 0.6) is 5.75 Å². The van der Waals surface area contributed by atoms with Crippen LogP contribution in [0.15, 0.2) is 12.1 Å². The van der Waals surface area contributed by atoms with Gasteiger partial charge in [0.05, 0.1) is 7.11 Å². The quantitative estimate of drug-likeness (QED) is 0.680. The molecule has 0 radical (unpaired) electrons. The van der Waals surface area contributed by atoms with E-state index >= 15 is 0 Å². The maximum absolute atomic E-state index is 11.6. The van der Waals surface area contributed by atoms with Crippen molar-refractivity contribution in [2.75, 3.05) is 7.11 Å². The molecule has 0 heterocycles. The first-order valence-corrected chi connectivity index (χ1v) is 4.93. The van der Waals surface area contributed by atoms with Crippen LogP contribution >= 0.6 is 0 Å². The van der Waals surface area contributed by atoms with Crippen LogP contribution in [0.25, 0.3) is 0 Å². The molecule has 0 spiro atoms. The molecule has 0 unspecified atom stereocenters. The standard InChI is InChI=1S/C12H14O2/c1-8-6-7-9-10(12(8)14-2)4-3-5-11(9)13/h6-7H,3-5H2,1-2H3. The fraction of sp³-hybridized carbons (Fsp3) is 0.417. The molecule has 1 aromatic rings. The smallest absolute Gasteiger partial charge is 0.163 e. The maximum Gasteiger partial charge on any atom is 0.163 e. The number of aryl methyl sites for hydroxylation is 1. The molecule has 74 valence electrons. The summed E-state index contributed by atoms with van der Waals surface area (Å²) in [4.78, 5) is 11.6. The van der Waals surface area contributed by atoms with Gasteiger partial charge in [-0.05, 0) is 25.3 Å². The monoisotopic (exact) mass is 190 g/mol. The van der Waals surface area contributed by atoms with Crippen LogP contribution in [0, 0.1) is 6.92 Å². The molecule has 0 amide bonds. The third-order valence-electron chi connectivity index (χ3n) is 2.79. The molecule has 2 rings (SSSR count). The number of fused-ring (bicyclic) bond motifs is 1. The van der Waals surface area contributed by atoms with Gasteiger partial charge in [-0.3, -0.25) is 4.79 Å². The first-order chi connectivity index (χ1) is 6.74. The minimum absolute atomic E-state index is 0.254. The van der Waals surface area contributed by atoms with E-state index in [0.29, 0.717) is 6.42 Å². The van der Waals surface area contributed by atoms with Gasteiger partial charge in [0.15, 0.2) is 5.78 Å².